The molecule has 0 aliphatic heterocycles. The second-order valence-corrected chi connectivity index (χ2v) is 6.18. The smallest absolute Gasteiger partial charge is 0.234 e. The van der Waals surface area contributed by atoms with E-state index in [1.807, 2.05) is 44.3 Å². The Morgan fingerprint density at radius 1 is 1.29 bits per heavy atom. The quantitative estimate of drug-likeness (QED) is 0.872. The van der Waals surface area contributed by atoms with Crippen molar-refractivity contribution in [1.29, 1.82) is 0 Å². The first-order chi connectivity index (χ1) is 10.1. The van der Waals surface area contributed by atoms with Crippen molar-refractivity contribution in [3.63, 3.8) is 0 Å². The number of likely N-dealkylation sites (N-methyl/N-ethyl adjacent to an activating group) is 1. The third-order valence-corrected chi connectivity index (χ3v) is 4.43. The maximum atomic E-state index is 12.2. The molecule has 4 heteroatoms. The Bertz CT molecular complexity index is 441. The van der Waals surface area contributed by atoms with Gasteiger partial charge in [-0.15, -0.1) is 0 Å². The second kappa shape index (κ2) is 7.57. The molecule has 0 saturated heterocycles. The molecule has 1 aliphatic carbocycles. The van der Waals surface area contributed by atoms with Gasteiger partial charge in [0.1, 0.15) is 0 Å². The molecule has 0 spiro atoms. The lowest BCUT2D eigenvalue weighted by Gasteiger charge is -2.33. The summed E-state index contributed by atoms with van der Waals surface area (Å²) in [5, 5.41) is 3.07. The fourth-order valence-corrected chi connectivity index (χ4v) is 3.01. The Labute approximate surface area is 127 Å². The number of amides is 1. The molecule has 1 saturated carbocycles. The number of hydrogen-bond acceptors (Lipinski definition) is 3. The van der Waals surface area contributed by atoms with E-state index in [9.17, 15) is 4.79 Å². The number of rotatable bonds is 5. The molecule has 0 aromatic heterocycles. The van der Waals surface area contributed by atoms with E-state index in [2.05, 4.69) is 10.2 Å². The fraction of sp³-hybridized carbons (Fsp3) is 0.588. The van der Waals surface area contributed by atoms with Crippen LogP contribution in [0.15, 0.2) is 30.3 Å². The number of nitrogens with zero attached hydrogens (tertiary/aromatic N) is 1. The van der Waals surface area contributed by atoms with Gasteiger partial charge in [0.25, 0.3) is 0 Å². The molecule has 1 aromatic carbocycles. The van der Waals surface area contributed by atoms with Crippen LogP contribution in [0.25, 0.3) is 0 Å². The van der Waals surface area contributed by atoms with Gasteiger partial charge in [-0.1, -0.05) is 30.3 Å². The highest BCUT2D eigenvalue weighted by molar-refractivity contribution is 5.78. The zero-order chi connectivity index (χ0) is 15.2. The number of benzene rings is 1. The zero-order valence-electron chi connectivity index (χ0n) is 13.1. The number of carbonyl (C=O) groups excluding carboxylic acids is 1. The van der Waals surface area contributed by atoms with Crippen molar-refractivity contribution in [1.82, 2.24) is 10.2 Å². The zero-order valence-corrected chi connectivity index (χ0v) is 13.1. The first-order valence-electron chi connectivity index (χ1n) is 7.86. The van der Waals surface area contributed by atoms with E-state index in [1.165, 1.54) is 0 Å². The third kappa shape index (κ3) is 4.83. The monoisotopic (exact) mass is 289 g/mol. The molecule has 1 unspecified atom stereocenters. The molecule has 1 atom stereocenters. The van der Waals surface area contributed by atoms with Crippen LogP contribution in [0.2, 0.25) is 0 Å². The Kier molecular flexibility index (Phi) is 5.76. The maximum absolute atomic E-state index is 12.2. The van der Waals surface area contributed by atoms with Crippen LogP contribution in [-0.2, 0) is 4.79 Å². The van der Waals surface area contributed by atoms with E-state index in [4.69, 9.17) is 5.73 Å². The lowest BCUT2D eigenvalue weighted by Crippen LogP contribution is -2.44. The van der Waals surface area contributed by atoms with Crippen LogP contribution in [0.4, 0.5) is 0 Å². The van der Waals surface area contributed by atoms with Crippen molar-refractivity contribution in [3.05, 3.63) is 35.9 Å². The Hall–Kier alpha value is -1.39. The van der Waals surface area contributed by atoms with Crippen LogP contribution in [0.3, 0.4) is 0 Å². The summed E-state index contributed by atoms with van der Waals surface area (Å²) in [6, 6.07) is 10.9. The minimum Gasteiger partial charge on any atom is -0.348 e. The summed E-state index contributed by atoms with van der Waals surface area (Å²) in [4.78, 5) is 14.3. The molecule has 1 amide bonds. The number of hydrogen-bond donors (Lipinski definition) is 2. The number of nitrogens with two attached hydrogens (primary N) is 1. The first kappa shape index (κ1) is 16.0. The SMILES string of the molecule is CC(NC(=O)CN(C)C1CCC(N)CC1)c1ccccc1. The summed E-state index contributed by atoms with van der Waals surface area (Å²) in [5.41, 5.74) is 7.07. The van der Waals surface area contributed by atoms with Gasteiger partial charge in [-0.2, -0.15) is 0 Å². The lowest BCUT2D eigenvalue weighted by molar-refractivity contribution is -0.123. The molecule has 1 fully saturated rings. The van der Waals surface area contributed by atoms with Gasteiger partial charge >= 0.3 is 0 Å². The molecule has 21 heavy (non-hydrogen) atoms. The Balaban J connectivity index is 1.78. The van der Waals surface area contributed by atoms with Crippen LogP contribution < -0.4 is 11.1 Å². The van der Waals surface area contributed by atoms with Gasteiger partial charge in [0.2, 0.25) is 5.91 Å². The summed E-state index contributed by atoms with van der Waals surface area (Å²) in [6.45, 7) is 2.48. The molecule has 3 N–H and O–H groups in total. The van der Waals surface area contributed by atoms with E-state index in [-0.39, 0.29) is 11.9 Å². The van der Waals surface area contributed by atoms with Gasteiger partial charge in [0, 0.05) is 12.1 Å². The Morgan fingerprint density at radius 3 is 2.52 bits per heavy atom. The lowest BCUT2D eigenvalue weighted by atomic mass is 9.91. The Morgan fingerprint density at radius 2 is 1.90 bits per heavy atom. The van der Waals surface area contributed by atoms with E-state index in [0.717, 1.165) is 31.2 Å². The normalized spacial score (nSPS) is 23.8. The van der Waals surface area contributed by atoms with Crippen molar-refractivity contribution in [2.45, 2.75) is 50.7 Å². The molecule has 1 aromatic rings. The molecule has 0 heterocycles. The maximum Gasteiger partial charge on any atom is 0.234 e. The van der Waals surface area contributed by atoms with E-state index >= 15 is 0 Å². The number of nitrogens with one attached hydrogen (secondary N) is 1. The van der Waals surface area contributed by atoms with Crippen LogP contribution >= 0.6 is 0 Å². The fourth-order valence-electron chi connectivity index (χ4n) is 3.01. The van der Waals surface area contributed by atoms with Crippen molar-refractivity contribution in [2.75, 3.05) is 13.6 Å². The third-order valence-electron chi connectivity index (χ3n) is 4.43. The van der Waals surface area contributed by atoms with Crippen LogP contribution in [-0.4, -0.2) is 36.5 Å². The van der Waals surface area contributed by atoms with Crippen molar-refractivity contribution >= 4 is 5.91 Å². The minimum atomic E-state index is 0.0480. The summed E-state index contributed by atoms with van der Waals surface area (Å²) in [7, 11) is 2.04. The van der Waals surface area contributed by atoms with Crippen molar-refractivity contribution in [2.24, 2.45) is 5.73 Å². The predicted molar refractivity (Wildman–Crippen MR) is 85.9 cm³/mol. The second-order valence-electron chi connectivity index (χ2n) is 6.18. The van der Waals surface area contributed by atoms with Crippen molar-refractivity contribution in [3.8, 4) is 0 Å². The average Bonchev–Trinajstić information content (AvgIpc) is 2.48. The standard InChI is InChI=1S/C17H27N3O/c1-13(14-6-4-3-5-7-14)19-17(21)12-20(2)16-10-8-15(18)9-11-16/h3-7,13,15-16H,8-12,18H2,1-2H3,(H,19,21). The summed E-state index contributed by atoms with van der Waals surface area (Å²) in [5.74, 6) is 0.0868. The van der Waals surface area contributed by atoms with Crippen LogP contribution in [0.1, 0.15) is 44.2 Å². The van der Waals surface area contributed by atoms with E-state index in [0.29, 0.717) is 18.6 Å². The van der Waals surface area contributed by atoms with E-state index in [1.54, 1.807) is 0 Å². The van der Waals surface area contributed by atoms with Gasteiger partial charge in [0.05, 0.1) is 12.6 Å². The summed E-state index contributed by atoms with van der Waals surface area (Å²) >= 11 is 0. The first-order valence-corrected chi connectivity index (χ1v) is 7.86. The number of carbonyl (C=O) groups is 1. The molecule has 0 bridgehead atoms. The summed E-state index contributed by atoms with van der Waals surface area (Å²) in [6.07, 6.45) is 4.33. The van der Waals surface area contributed by atoms with Crippen molar-refractivity contribution < 1.29 is 4.79 Å². The molecule has 4 nitrogen and oxygen atoms in total. The highest BCUT2D eigenvalue weighted by atomic mass is 16.2. The average molecular weight is 289 g/mol. The largest absolute Gasteiger partial charge is 0.348 e. The molecule has 116 valence electrons. The minimum absolute atomic E-state index is 0.0480. The summed E-state index contributed by atoms with van der Waals surface area (Å²) < 4.78 is 0. The predicted octanol–water partition coefficient (Wildman–Crippen LogP) is 2.07. The molecular weight excluding hydrogens is 262 g/mol. The van der Waals surface area contributed by atoms with Gasteiger partial charge in [-0.05, 0) is 45.2 Å². The van der Waals surface area contributed by atoms with Gasteiger partial charge in [-0.25, -0.2) is 0 Å². The molecule has 2 rings (SSSR count). The van der Waals surface area contributed by atoms with Crippen LogP contribution in [0, 0.1) is 0 Å². The van der Waals surface area contributed by atoms with E-state index < -0.39 is 0 Å². The topological polar surface area (TPSA) is 58.4 Å². The highest BCUT2D eigenvalue weighted by Crippen LogP contribution is 2.21. The molecular formula is C17H27N3O. The van der Waals surface area contributed by atoms with Gasteiger partial charge in [-0.3, -0.25) is 9.69 Å². The van der Waals surface area contributed by atoms with Crippen LogP contribution in [0.5, 0.6) is 0 Å². The molecule has 1 aliphatic rings. The van der Waals surface area contributed by atoms with Gasteiger partial charge < -0.3 is 11.1 Å². The van der Waals surface area contributed by atoms with Gasteiger partial charge in [0.15, 0.2) is 0 Å². The highest BCUT2D eigenvalue weighted by Gasteiger charge is 2.23. The molecule has 0 radical (unpaired) electrons.